The topological polar surface area (TPSA) is 66.4 Å². The Balaban J connectivity index is 2.97. The van der Waals surface area contributed by atoms with E-state index >= 15 is 0 Å². The smallest absolute Gasteiger partial charge is 0.337 e. The SMILES string of the molecule is CCCC(CCC)C(=O)Nc1c(C)cccc1C(=O)O. The van der Waals surface area contributed by atoms with Gasteiger partial charge in [-0.3, -0.25) is 4.79 Å². The third-order valence-corrected chi connectivity index (χ3v) is 3.40. The third-order valence-electron chi connectivity index (χ3n) is 3.40. The average Bonchev–Trinajstić information content (AvgIpc) is 2.40. The second kappa shape index (κ2) is 7.68. The number of hydrogen-bond donors (Lipinski definition) is 2. The van der Waals surface area contributed by atoms with E-state index in [2.05, 4.69) is 5.32 Å². The van der Waals surface area contributed by atoms with Crippen molar-refractivity contribution < 1.29 is 14.7 Å². The van der Waals surface area contributed by atoms with Crippen LogP contribution in [0.25, 0.3) is 0 Å². The lowest BCUT2D eigenvalue weighted by atomic mass is 9.96. The number of benzene rings is 1. The summed E-state index contributed by atoms with van der Waals surface area (Å²) >= 11 is 0. The molecule has 20 heavy (non-hydrogen) atoms. The van der Waals surface area contributed by atoms with Crippen molar-refractivity contribution in [3.63, 3.8) is 0 Å². The van der Waals surface area contributed by atoms with Crippen molar-refractivity contribution in [2.75, 3.05) is 5.32 Å². The molecule has 2 N–H and O–H groups in total. The fourth-order valence-electron chi connectivity index (χ4n) is 2.34. The maximum absolute atomic E-state index is 12.3. The second-order valence-electron chi connectivity index (χ2n) is 5.07. The molecule has 0 fully saturated rings. The molecule has 110 valence electrons. The molecule has 0 aliphatic heterocycles. The summed E-state index contributed by atoms with van der Waals surface area (Å²) in [6.07, 6.45) is 3.54. The van der Waals surface area contributed by atoms with Gasteiger partial charge in [-0.2, -0.15) is 0 Å². The fraction of sp³-hybridized carbons (Fsp3) is 0.500. The summed E-state index contributed by atoms with van der Waals surface area (Å²) in [6.45, 7) is 5.90. The molecule has 0 unspecified atom stereocenters. The van der Waals surface area contributed by atoms with Crippen LogP contribution in [0.5, 0.6) is 0 Å². The highest BCUT2D eigenvalue weighted by atomic mass is 16.4. The van der Waals surface area contributed by atoms with Gasteiger partial charge in [-0.05, 0) is 31.4 Å². The minimum atomic E-state index is -1.02. The van der Waals surface area contributed by atoms with Crippen LogP contribution in [0.2, 0.25) is 0 Å². The van der Waals surface area contributed by atoms with E-state index < -0.39 is 5.97 Å². The van der Waals surface area contributed by atoms with Crippen LogP contribution >= 0.6 is 0 Å². The lowest BCUT2D eigenvalue weighted by molar-refractivity contribution is -0.120. The van der Waals surface area contributed by atoms with E-state index in [1.165, 1.54) is 6.07 Å². The molecule has 1 aromatic carbocycles. The third kappa shape index (κ3) is 4.08. The molecule has 0 radical (unpaired) electrons. The number of amides is 1. The molecule has 0 aliphatic rings. The minimum Gasteiger partial charge on any atom is -0.478 e. The number of aromatic carboxylic acids is 1. The van der Waals surface area contributed by atoms with Gasteiger partial charge >= 0.3 is 5.97 Å². The molecule has 4 heteroatoms. The molecule has 0 saturated carbocycles. The molecule has 0 spiro atoms. The standard InChI is InChI=1S/C16H23NO3/c1-4-7-12(8-5-2)15(18)17-14-11(3)9-6-10-13(14)16(19)20/h6,9-10,12H,4-5,7-8H2,1-3H3,(H,17,18)(H,19,20). The molecule has 0 bridgehead atoms. The Labute approximate surface area is 120 Å². The van der Waals surface area contributed by atoms with E-state index in [1.807, 2.05) is 13.8 Å². The van der Waals surface area contributed by atoms with Crippen molar-refractivity contribution in [1.29, 1.82) is 0 Å². The summed E-state index contributed by atoms with van der Waals surface area (Å²) < 4.78 is 0. The number of para-hydroxylation sites is 1. The summed E-state index contributed by atoms with van der Waals surface area (Å²) in [5.74, 6) is -1.15. The molecule has 0 saturated heterocycles. The minimum absolute atomic E-state index is 0.0498. The number of anilines is 1. The summed E-state index contributed by atoms with van der Waals surface area (Å²) in [6, 6.07) is 5.00. The Hall–Kier alpha value is -1.84. The van der Waals surface area contributed by atoms with Gasteiger partial charge in [-0.1, -0.05) is 38.8 Å². The number of carboxylic acids is 1. The van der Waals surface area contributed by atoms with Crippen LogP contribution in [0.4, 0.5) is 5.69 Å². The van der Waals surface area contributed by atoms with Gasteiger partial charge in [-0.15, -0.1) is 0 Å². The van der Waals surface area contributed by atoms with Crippen molar-refractivity contribution in [3.8, 4) is 0 Å². The molecule has 0 heterocycles. The summed E-state index contributed by atoms with van der Waals surface area (Å²) in [5.41, 5.74) is 1.33. The maximum atomic E-state index is 12.3. The van der Waals surface area contributed by atoms with E-state index in [4.69, 9.17) is 0 Å². The first-order chi connectivity index (χ1) is 9.51. The van der Waals surface area contributed by atoms with Gasteiger partial charge < -0.3 is 10.4 Å². The molecule has 1 amide bonds. The van der Waals surface area contributed by atoms with Crippen LogP contribution in [0.1, 0.15) is 55.5 Å². The van der Waals surface area contributed by atoms with E-state index in [9.17, 15) is 14.7 Å². The largest absolute Gasteiger partial charge is 0.478 e. The maximum Gasteiger partial charge on any atom is 0.337 e. The Morgan fingerprint density at radius 1 is 1.20 bits per heavy atom. The number of nitrogens with one attached hydrogen (secondary N) is 1. The van der Waals surface area contributed by atoms with Crippen molar-refractivity contribution in [3.05, 3.63) is 29.3 Å². The number of carbonyl (C=O) groups excluding carboxylic acids is 1. The monoisotopic (exact) mass is 277 g/mol. The molecule has 0 aliphatic carbocycles. The molecule has 1 rings (SSSR count). The van der Waals surface area contributed by atoms with Gasteiger partial charge in [0, 0.05) is 5.92 Å². The number of carboxylic acid groups (broad SMARTS) is 1. The van der Waals surface area contributed by atoms with Crippen molar-refractivity contribution >= 4 is 17.6 Å². The van der Waals surface area contributed by atoms with E-state index in [0.717, 1.165) is 31.2 Å². The van der Waals surface area contributed by atoms with Gasteiger partial charge in [-0.25, -0.2) is 4.79 Å². The highest BCUT2D eigenvalue weighted by Crippen LogP contribution is 2.23. The predicted octanol–water partition coefficient (Wildman–Crippen LogP) is 3.85. The zero-order chi connectivity index (χ0) is 15.1. The van der Waals surface area contributed by atoms with Gasteiger partial charge in [0.25, 0.3) is 0 Å². The van der Waals surface area contributed by atoms with Crippen LogP contribution in [0.3, 0.4) is 0 Å². The van der Waals surface area contributed by atoms with Crippen LogP contribution in [0, 0.1) is 12.8 Å². The van der Waals surface area contributed by atoms with Gasteiger partial charge in [0.05, 0.1) is 11.3 Å². The molecular formula is C16H23NO3. The van der Waals surface area contributed by atoms with Crippen LogP contribution < -0.4 is 5.32 Å². The van der Waals surface area contributed by atoms with Crippen molar-refractivity contribution in [2.45, 2.75) is 46.5 Å². The highest BCUT2D eigenvalue weighted by Gasteiger charge is 2.20. The number of hydrogen-bond acceptors (Lipinski definition) is 2. The van der Waals surface area contributed by atoms with Gasteiger partial charge in [0.15, 0.2) is 0 Å². The van der Waals surface area contributed by atoms with Gasteiger partial charge in [0.2, 0.25) is 5.91 Å². The quantitative estimate of drug-likeness (QED) is 0.795. The molecule has 0 aromatic heterocycles. The average molecular weight is 277 g/mol. The zero-order valence-electron chi connectivity index (χ0n) is 12.4. The molecule has 0 atom stereocenters. The second-order valence-corrected chi connectivity index (χ2v) is 5.07. The first-order valence-electron chi connectivity index (χ1n) is 7.15. The van der Waals surface area contributed by atoms with Crippen molar-refractivity contribution in [1.82, 2.24) is 0 Å². The first-order valence-corrected chi connectivity index (χ1v) is 7.15. The highest BCUT2D eigenvalue weighted by molar-refractivity contribution is 6.02. The van der Waals surface area contributed by atoms with E-state index in [-0.39, 0.29) is 17.4 Å². The van der Waals surface area contributed by atoms with E-state index in [1.54, 1.807) is 19.1 Å². The Morgan fingerprint density at radius 2 is 1.80 bits per heavy atom. The van der Waals surface area contributed by atoms with Crippen LogP contribution in [0.15, 0.2) is 18.2 Å². The fourth-order valence-corrected chi connectivity index (χ4v) is 2.34. The summed E-state index contributed by atoms with van der Waals surface area (Å²) in [7, 11) is 0. The normalized spacial score (nSPS) is 10.6. The van der Waals surface area contributed by atoms with E-state index in [0.29, 0.717) is 5.69 Å². The lowest BCUT2D eigenvalue weighted by Crippen LogP contribution is -2.24. The zero-order valence-corrected chi connectivity index (χ0v) is 12.4. The number of aryl methyl sites for hydroxylation is 1. The molecule has 4 nitrogen and oxygen atoms in total. The lowest BCUT2D eigenvalue weighted by Gasteiger charge is -2.17. The Kier molecular flexibility index (Phi) is 6.22. The molecular weight excluding hydrogens is 254 g/mol. The molecule has 1 aromatic rings. The van der Waals surface area contributed by atoms with Crippen LogP contribution in [-0.2, 0) is 4.79 Å². The number of carbonyl (C=O) groups is 2. The number of rotatable bonds is 7. The van der Waals surface area contributed by atoms with Crippen LogP contribution in [-0.4, -0.2) is 17.0 Å². The Morgan fingerprint density at radius 3 is 2.30 bits per heavy atom. The van der Waals surface area contributed by atoms with Crippen molar-refractivity contribution in [2.24, 2.45) is 5.92 Å². The predicted molar refractivity (Wildman–Crippen MR) is 80.1 cm³/mol. The van der Waals surface area contributed by atoms with Gasteiger partial charge in [0.1, 0.15) is 0 Å². The summed E-state index contributed by atoms with van der Waals surface area (Å²) in [4.78, 5) is 23.5. The Bertz CT molecular complexity index is 477. The first kappa shape index (κ1) is 16.2. The summed E-state index contributed by atoms with van der Waals surface area (Å²) in [5, 5.41) is 12.0.